The van der Waals surface area contributed by atoms with Crippen LogP contribution < -0.4 is 9.47 Å². The topological polar surface area (TPSA) is 67.6 Å². The third kappa shape index (κ3) is 6.23. The van der Waals surface area contributed by atoms with Gasteiger partial charge < -0.3 is 23.5 Å². The molecule has 2 aromatic carbocycles. The lowest BCUT2D eigenvalue weighted by Crippen LogP contribution is -2.13. The number of hydrogen-bond donors (Lipinski definition) is 0. The molecule has 7 nitrogen and oxygen atoms in total. The summed E-state index contributed by atoms with van der Waals surface area (Å²) in [4.78, 5) is 8.85. The van der Waals surface area contributed by atoms with E-state index in [0.29, 0.717) is 36.0 Å². The minimum atomic E-state index is -4.68. The molecular weight excluding hydrogens is 523 g/mol. The number of aromatic nitrogens is 3. The van der Waals surface area contributed by atoms with Crippen molar-refractivity contribution >= 4 is 11.0 Å². The third-order valence-electron chi connectivity index (χ3n) is 6.68. The van der Waals surface area contributed by atoms with Crippen LogP contribution in [0.5, 0.6) is 11.6 Å². The Kier molecular flexibility index (Phi) is 9.32. The largest absolute Gasteiger partial charge is 0.494 e. The molecule has 214 valence electrons. The van der Waals surface area contributed by atoms with Gasteiger partial charge in [0.25, 0.3) is 0 Å². The van der Waals surface area contributed by atoms with Gasteiger partial charge in [-0.3, -0.25) is 0 Å². The zero-order valence-electron chi connectivity index (χ0n) is 23.3. The minimum Gasteiger partial charge on any atom is -0.494 e. The lowest BCUT2D eigenvalue weighted by molar-refractivity contribution is -0.137. The molecule has 0 N–H and O–H groups in total. The molecule has 0 bridgehead atoms. The van der Waals surface area contributed by atoms with Crippen LogP contribution in [-0.2, 0) is 28.6 Å². The molecule has 10 heteroatoms. The van der Waals surface area contributed by atoms with Crippen molar-refractivity contribution in [2.45, 2.75) is 38.9 Å². The van der Waals surface area contributed by atoms with E-state index in [1.807, 2.05) is 24.3 Å². The third-order valence-corrected chi connectivity index (χ3v) is 6.68. The van der Waals surface area contributed by atoms with E-state index in [4.69, 9.17) is 18.9 Å². The highest BCUT2D eigenvalue weighted by Crippen LogP contribution is 2.43. The van der Waals surface area contributed by atoms with E-state index in [9.17, 15) is 13.2 Å². The summed E-state index contributed by atoms with van der Waals surface area (Å²) in [6.45, 7) is 5.29. The van der Waals surface area contributed by atoms with Crippen LogP contribution in [0.4, 0.5) is 13.2 Å². The average Bonchev–Trinajstić information content (AvgIpc) is 3.30. The first-order chi connectivity index (χ1) is 19.2. The molecule has 0 saturated heterocycles. The smallest absolute Gasteiger partial charge is 0.418 e. The van der Waals surface area contributed by atoms with Crippen molar-refractivity contribution in [2.75, 3.05) is 41.2 Å². The Morgan fingerprint density at radius 3 is 2.27 bits per heavy atom. The van der Waals surface area contributed by atoms with Crippen LogP contribution in [-0.4, -0.2) is 55.7 Å². The van der Waals surface area contributed by atoms with Crippen molar-refractivity contribution in [3.63, 3.8) is 0 Å². The quantitative estimate of drug-likeness (QED) is 0.185. The van der Waals surface area contributed by atoms with E-state index in [0.717, 1.165) is 5.56 Å². The van der Waals surface area contributed by atoms with Gasteiger partial charge in [0.1, 0.15) is 29.2 Å². The number of halogens is 3. The number of rotatable bonds is 12. The number of benzene rings is 2. The summed E-state index contributed by atoms with van der Waals surface area (Å²) in [6, 6.07) is 12.5. The first-order valence-corrected chi connectivity index (χ1v) is 13.0. The predicted molar refractivity (Wildman–Crippen MR) is 147 cm³/mol. The molecule has 0 spiro atoms. The van der Waals surface area contributed by atoms with Gasteiger partial charge in [-0.25, -0.2) is 9.97 Å². The Balaban J connectivity index is 1.94. The summed E-state index contributed by atoms with van der Waals surface area (Å²) >= 11 is 0. The second kappa shape index (κ2) is 12.7. The Morgan fingerprint density at radius 1 is 0.925 bits per heavy atom. The maximum atomic E-state index is 14.8. The molecule has 2 aromatic heterocycles. The van der Waals surface area contributed by atoms with Crippen LogP contribution in [0.25, 0.3) is 22.4 Å². The van der Waals surface area contributed by atoms with Crippen molar-refractivity contribution in [2.24, 2.45) is 0 Å². The zero-order valence-corrected chi connectivity index (χ0v) is 23.3. The Morgan fingerprint density at radius 2 is 1.65 bits per heavy atom. The molecule has 0 unspecified atom stereocenters. The molecule has 0 amide bonds. The number of hydrogen-bond acceptors (Lipinski definition) is 6. The lowest BCUT2D eigenvalue weighted by atomic mass is 9.97. The summed E-state index contributed by atoms with van der Waals surface area (Å²) < 4.78 is 67.9. The van der Waals surface area contributed by atoms with Crippen molar-refractivity contribution in [1.82, 2.24) is 14.5 Å². The van der Waals surface area contributed by atoms with Gasteiger partial charge in [0.15, 0.2) is 0 Å². The van der Waals surface area contributed by atoms with Gasteiger partial charge in [-0.1, -0.05) is 44.2 Å². The fraction of sp³-hybridized carbons (Fsp3) is 0.400. The minimum absolute atomic E-state index is 0.0135. The number of pyridine rings is 1. The second-order valence-electron chi connectivity index (χ2n) is 9.65. The maximum Gasteiger partial charge on any atom is 0.418 e. The average molecular weight is 558 g/mol. The summed E-state index contributed by atoms with van der Waals surface area (Å²) in [5.41, 5.74) is 1.63. The summed E-state index contributed by atoms with van der Waals surface area (Å²) in [6.07, 6.45) is -3.23. The summed E-state index contributed by atoms with van der Waals surface area (Å²) in [5, 5.41) is 0. The normalized spacial score (nSPS) is 11.9. The first kappa shape index (κ1) is 29.4. The van der Waals surface area contributed by atoms with Crippen LogP contribution >= 0.6 is 0 Å². The fourth-order valence-corrected chi connectivity index (χ4v) is 4.69. The highest BCUT2D eigenvalue weighted by Gasteiger charge is 2.39. The van der Waals surface area contributed by atoms with E-state index in [1.165, 1.54) is 19.4 Å². The summed E-state index contributed by atoms with van der Waals surface area (Å²) in [7, 11) is 4.53. The van der Waals surface area contributed by atoms with Gasteiger partial charge >= 0.3 is 6.18 Å². The highest BCUT2D eigenvalue weighted by atomic mass is 19.4. The van der Waals surface area contributed by atoms with Crippen molar-refractivity contribution < 1.29 is 32.1 Å². The molecule has 4 rings (SSSR count). The number of imidazole rings is 1. The maximum absolute atomic E-state index is 14.8. The van der Waals surface area contributed by atoms with Gasteiger partial charge in [-0.15, -0.1) is 0 Å². The molecule has 40 heavy (non-hydrogen) atoms. The second-order valence-corrected chi connectivity index (χ2v) is 9.65. The standard InChI is InChI=1S/C30H34F3N3O4/c1-19(2)20-8-10-21(11-9-20)28-35-26-25(30(31,32)33)23(18-24(39-5)27(26)36(28)13-14-37-3)17-22-7-6-12-34-29(22)40-16-15-38-4/h6-12,18-19H,13-17H2,1-5H3. The van der Waals surface area contributed by atoms with Gasteiger partial charge in [0, 0.05) is 44.5 Å². The molecule has 0 aliphatic rings. The van der Waals surface area contributed by atoms with Gasteiger partial charge in [0.05, 0.1) is 25.9 Å². The van der Waals surface area contributed by atoms with Crippen LogP contribution in [0, 0.1) is 0 Å². The fourth-order valence-electron chi connectivity index (χ4n) is 4.69. The molecule has 0 atom stereocenters. The van der Waals surface area contributed by atoms with E-state index in [2.05, 4.69) is 23.8 Å². The monoisotopic (exact) mass is 557 g/mol. The van der Waals surface area contributed by atoms with Crippen molar-refractivity contribution in [1.29, 1.82) is 0 Å². The van der Waals surface area contributed by atoms with E-state index < -0.39 is 11.7 Å². The molecule has 4 aromatic rings. The molecule has 0 saturated carbocycles. The van der Waals surface area contributed by atoms with Crippen molar-refractivity contribution in [3.8, 4) is 23.0 Å². The van der Waals surface area contributed by atoms with E-state index >= 15 is 0 Å². The Bertz CT molecular complexity index is 1430. The van der Waals surface area contributed by atoms with E-state index in [-0.39, 0.29) is 47.9 Å². The Labute approximate surface area is 231 Å². The number of fused-ring (bicyclic) bond motifs is 1. The number of ether oxygens (including phenoxy) is 4. The number of methoxy groups -OCH3 is 3. The molecule has 2 heterocycles. The molecule has 0 fully saturated rings. The van der Waals surface area contributed by atoms with Crippen molar-refractivity contribution in [3.05, 3.63) is 70.9 Å². The summed E-state index contributed by atoms with van der Waals surface area (Å²) in [5.74, 6) is 1.27. The van der Waals surface area contributed by atoms with Crippen LogP contribution in [0.3, 0.4) is 0 Å². The van der Waals surface area contributed by atoms with Crippen LogP contribution in [0.2, 0.25) is 0 Å². The zero-order chi connectivity index (χ0) is 28.9. The SMILES string of the molecule is COCCOc1ncccc1Cc1cc(OC)c2c(nc(-c3ccc(C(C)C)cc3)n2CCOC)c1C(F)(F)F. The van der Waals surface area contributed by atoms with Gasteiger partial charge in [-0.05, 0) is 29.2 Å². The molecular formula is C30H34F3N3O4. The van der Waals surface area contributed by atoms with Crippen LogP contribution in [0.15, 0.2) is 48.7 Å². The Hall–Kier alpha value is -3.63. The number of nitrogens with zero attached hydrogens (tertiary/aromatic N) is 3. The van der Waals surface area contributed by atoms with Gasteiger partial charge in [-0.2, -0.15) is 13.2 Å². The lowest BCUT2D eigenvalue weighted by Gasteiger charge is -2.18. The van der Waals surface area contributed by atoms with Gasteiger partial charge in [0.2, 0.25) is 5.88 Å². The number of alkyl halides is 3. The predicted octanol–water partition coefficient (Wildman–Crippen LogP) is 6.51. The first-order valence-electron chi connectivity index (χ1n) is 13.0. The molecule has 0 radical (unpaired) electrons. The highest BCUT2D eigenvalue weighted by molar-refractivity contribution is 5.90. The van der Waals surface area contributed by atoms with Crippen LogP contribution in [0.1, 0.15) is 42.0 Å². The molecule has 0 aliphatic heterocycles. The molecule has 0 aliphatic carbocycles. The van der Waals surface area contributed by atoms with E-state index in [1.54, 1.807) is 30.9 Å².